The molecule has 0 radical (unpaired) electrons. The Balaban J connectivity index is 1.70. The lowest BCUT2D eigenvalue weighted by Gasteiger charge is -2.18. The summed E-state index contributed by atoms with van der Waals surface area (Å²) in [6.07, 6.45) is 0.903. The van der Waals surface area contributed by atoms with E-state index in [0.717, 1.165) is 17.0 Å². The van der Waals surface area contributed by atoms with E-state index in [0.29, 0.717) is 29.3 Å². The monoisotopic (exact) mass is 447 g/mol. The molecule has 164 valence electrons. The SMILES string of the molecule is CCCOc1cccc(NC2=C(c3cccs3)C(=O)N(c3ccc(N(C)C)cc3)C2=O)c1. The molecule has 2 aromatic carbocycles. The van der Waals surface area contributed by atoms with Gasteiger partial charge in [-0.2, -0.15) is 0 Å². The number of imide groups is 1. The van der Waals surface area contributed by atoms with Crippen LogP contribution in [0.3, 0.4) is 0 Å². The van der Waals surface area contributed by atoms with Crippen molar-refractivity contribution in [3.05, 3.63) is 76.6 Å². The number of benzene rings is 2. The summed E-state index contributed by atoms with van der Waals surface area (Å²) < 4.78 is 5.71. The number of nitrogens with zero attached hydrogens (tertiary/aromatic N) is 2. The van der Waals surface area contributed by atoms with Gasteiger partial charge in [-0.15, -0.1) is 11.3 Å². The first-order valence-corrected chi connectivity index (χ1v) is 11.3. The van der Waals surface area contributed by atoms with Crippen LogP contribution in [-0.2, 0) is 9.59 Å². The quantitative estimate of drug-likeness (QED) is 0.493. The van der Waals surface area contributed by atoms with Crippen molar-refractivity contribution in [2.75, 3.05) is 35.8 Å². The van der Waals surface area contributed by atoms with Crippen LogP contribution >= 0.6 is 11.3 Å². The van der Waals surface area contributed by atoms with Crippen LogP contribution in [0.25, 0.3) is 5.57 Å². The molecule has 0 saturated carbocycles. The summed E-state index contributed by atoms with van der Waals surface area (Å²) in [5.74, 6) is -0.00477. The highest BCUT2D eigenvalue weighted by Gasteiger charge is 2.40. The number of carbonyl (C=O) groups is 2. The molecule has 0 aliphatic carbocycles. The molecule has 32 heavy (non-hydrogen) atoms. The molecule has 1 aliphatic heterocycles. The van der Waals surface area contributed by atoms with Crippen molar-refractivity contribution < 1.29 is 14.3 Å². The average Bonchev–Trinajstić information content (AvgIpc) is 3.39. The molecule has 0 unspecified atom stereocenters. The Kier molecular flexibility index (Phi) is 6.28. The molecule has 4 rings (SSSR count). The predicted molar refractivity (Wildman–Crippen MR) is 130 cm³/mol. The van der Waals surface area contributed by atoms with Gasteiger partial charge in [0.15, 0.2) is 0 Å². The minimum absolute atomic E-state index is 0.266. The number of ether oxygens (including phenoxy) is 1. The van der Waals surface area contributed by atoms with Crippen molar-refractivity contribution in [1.29, 1.82) is 0 Å². The van der Waals surface area contributed by atoms with Gasteiger partial charge in [0.05, 0.1) is 17.9 Å². The summed E-state index contributed by atoms with van der Waals surface area (Å²) in [5, 5.41) is 5.09. The molecule has 0 saturated heterocycles. The van der Waals surface area contributed by atoms with Crippen LogP contribution in [0, 0.1) is 0 Å². The molecule has 2 amide bonds. The van der Waals surface area contributed by atoms with E-state index in [1.807, 2.05) is 79.8 Å². The Morgan fingerprint density at radius 3 is 2.44 bits per heavy atom. The molecule has 1 N–H and O–H groups in total. The molecule has 1 aromatic heterocycles. The van der Waals surface area contributed by atoms with Gasteiger partial charge in [-0.05, 0) is 54.3 Å². The molecular weight excluding hydrogens is 422 g/mol. The molecule has 0 bridgehead atoms. The van der Waals surface area contributed by atoms with E-state index in [1.54, 1.807) is 12.1 Å². The lowest BCUT2D eigenvalue weighted by Crippen LogP contribution is -2.32. The first-order valence-electron chi connectivity index (χ1n) is 10.4. The molecule has 1 aliphatic rings. The van der Waals surface area contributed by atoms with Crippen LogP contribution in [0.5, 0.6) is 5.75 Å². The summed E-state index contributed by atoms with van der Waals surface area (Å²) in [5.41, 5.74) is 2.86. The summed E-state index contributed by atoms with van der Waals surface area (Å²) in [6.45, 7) is 2.66. The van der Waals surface area contributed by atoms with Gasteiger partial charge in [0.25, 0.3) is 11.8 Å². The van der Waals surface area contributed by atoms with E-state index in [1.165, 1.54) is 16.2 Å². The summed E-state index contributed by atoms with van der Waals surface area (Å²) >= 11 is 1.43. The molecule has 7 heteroatoms. The van der Waals surface area contributed by atoms with Crippen LogP contribution in [-0.4, -0.2) is 32.5 Å². The summed E-state index contributed by atoms with van der Waals surface area (Å²) in [4.78, 5) is 30.8. The Labute approximate surface area is 191 Å². The zero-order valence-corrected chi connectivity index (χ0v) is 19.1. The highest BCUT2D eigenvalue weighted by Crippen LogP contribution is 2.36. The smallest absolute Gasteiger partial charge is 0.282 e. The van der Waals surface area contributed by atoms with E-state index >= 15 is 0 Å². The lowest BCUT2D eigenvalue weighted by atomic mass is 10.2. The minimum Gasteiger partial charge on any atom is -0.494 e. The topological polar surface area (TPSA) is 61.9 Å². The van der Waals surface area contributed by atoms with Crippen molar-refractivity contribution in [2.45, 2.75) is 13.3 Å². The standard InChI is InChI=1S/C25H25N3O3S/c1-4-14-31-20-8-5-7-17(16-20)26-23-22(21-9-6-15-32-21)24(29)28(25(23)30)19-12-10-18(11-13-19)27(2)3/h5-13,15-16,26H,4,14H2,1-3H3. The third-order valence-corrected chi connectivity index (χ3v) is 5.94. The fourth-order valence-electron chi connectivity index (χ4n) is 3.46. The van der Waals surface area contributed by atoms with Gasteiger partial charge in [0, 0.05) is 36.4 Å². The van der Waals surface area contributed by atoms with Crippen molar-refractivity contribution in [3.63, 3.8) is 0 Å². The Bertz CT molecular complexity index is 1150. The second-order valence-corrected chi connectivity index (χ2v) is 8.53. The zero-order chi connectivity index (χ0) is 22.7. The van der Waals surface area contributed by atoms with Gasteiger partial charge in [-0.25, -0.2) is 4.90 Å². The van der Waals surface area contributed by atoms with E-state index < -0.39 is 0 Å². The molecule has 0 fully saturated rings. The first-order chi connectivity index (χ1) is 15.5. The van der Waals surface area contributed by atoms with Crippen molar-refractivity contribution >= 4 is 45.8 Å². The van der Waals surface area contributed by atoms with Crippen LogP contribution in [0.15, 0.2) is 71.7 Å². The highest BCUT2D eigenvalue weighted by molar-refractivity contribution is 7.11. The lowest BCUT2D eigenvalue weighted by molar-refractivity contribution is -0.120. The Morgan fingerprint density at radius 2 is 1.78 bits per heavy atom. The van der Waals surface area contributed by atoms with E-state index in [9.17, 15) is 9.59 Å². The second kappa shape index (κ2) is 9.28. The largest absolute Gasteiger partial charge is 0.494 e. The molecule has 6 nitrogen and oxygen atoms in total. The highest BCUT2D eigenvalue weighted by atomic mass is 32.1. The number of nitrogens with one attached hydrogen (secondary N) is 1. The molecule has 2 heterocycles. The number of amides is 2. The number of anilines is 3. The number of hydrogen-bond donors (Lipinski definition) is 1. The average molecular weight is 448 g/mol. The number of hydrogen-bond acceptors (Lipinski definition) is 6. The van der Waals surface area contributed by atoms with Gasteiger partial charge in [0.2, 0.25) is 0 Å². The Hall–Kier alpha value is -3.58. The van der Waals surface area contributed by atoms with Crippen molar-refractivity contribution in [3.8, 4) is 5.75 Å². The fraction of sp³-hybridized carbons (Fsp3) is 0.200. The Morgan fingerprint density at radius 1 is 1.00 bits per heavy atom. The van der Waals surface area contributed by atoms with E-state index in [2.05, 4.69) is 5.32 Å². The van der Waals surface area contributed by atoms with Gasteiger partial charge in [-0.3, -0.25) is 9.59 Å². The van der Waals surface area contributed by atoms with Gasteiger partial charge in [0.1, 0.15) is 11.4 Å². The first kappa shape index (κ1) is 21.6. The number of thiophene rings is 1. The molecule has 0 spiro atoms. The molecule has 3 aromatic rings. The van der Waals surface area contributed by atoms with Crippen LogP contribution < -0.4 is 19.9 Å². The van der Waals surface area contributed by atoms with Crippen LogP contribution in [0.4, 0.5) is 17.1 Å². The predicted octanol–water partition coefficient (Wildman–Crippen LogP) is 5.00. The van der Waals surface area contributed by atoms with Gasteiger partial charge >= 0.3 is 0 Å². The summed E-state index contributed by atoms with van der Waals surface area (Å²) in [6, 6.07) is 18.5. The molecular formula is C25H25N3O3S. The minimum atomic E-state index is -0.379. The summed E-state index contributed by atoms with van der Waals surface area (Å²) in [7, 11) is 3.88. The van der Waals surface area contributed by atoms with Crippen LogP contribution in [0.2, 0.25) is 0 Å². The van der Waals surface area contributed by atoms with Crippen LogP contribution in [0.1, 0.15) is 18.2 Å². The van der Waals surface area contributed by atoms with Crippen molar-refractivity contribution in [1.82, 2.24) is 0 Å². The maximum Gasteiger partial charge on any atom is 0.282 e. The van der Waals surface area contributed by atoms with E-state index in [-0.39, 0.29) is 17.5 Å². The van der Waals surface area contributed by atoms with Crippen molar-refractivity contribution in [2.24, 2.45) is 0 Å². The third kappa shape index (κ3) is 4.24. The zero-order valence-electron chi connectivity index (χ0n) is 18.3. The van der Waals surface area contributed by atoms with Gasteiger partial charge in [-0.1, -0.05) is 19.1 Å². The second-order valence-electron chi connectivity index (χ2n) is 7.59. The van der Waals surface area contributed by atoms with E-state index in [4.69, 9.17) is 4.74 Å². The molecule has 0 atom stereocenters. The normalized spacial score (nSPS) is 13.7. The fourth-order valence-corrected chi connectivity index (χ4v) is 4.23. The van der Waals surface area contributed by atoms with Gasteiger partial charge < -0.3 is 15.0 Å². The third-order valence-electron chi connectivity index (χ3n) is 5.05. The maximum absolute atomic E-state index is 13.4. The number of carbonyl (C=O) groups excluding carboxylic acids is 2. The number of rotatable bonds is 8. The maximum atomic E-state index is 13.4.